The molecule has 0 bridgehead atoms. The van der Waals surface area contributed by atoms with Gasteiger partial charge in [0.2, 0.25) is 0 Å². The van der Waals surface area contributed by atoms with E-state index >= 15 is 0 Å². The molecule has 0 radical (unpaired) electrons. The number of benzene rings is 2. The van der Waals surface area contributed by atoms with Crippen LogP contribution in [0.5, 0.6) is 0 Å². The number of rotatable bonds is 4. The van der Waals surface area contributed by atoms with Crippen LogP contribution in [0.15, 0.2) is 42.5 Å². The molecule has 1 nitrogen and oxygen atoms in total. The largest absolute Gasteiger partial charge is 0.376 e. The minimum absolute atomic E-state index is 0.0481. The highest BCUT2D eigenvalue weighted by Crippen LogP contribution is 2.43. The van der Waals surface area contributed by atoms with Gasteiger partial charge in [-0.2, -0.15) is 0 Å². The van der Waals surface area contributed by atoms with Crippen LogP contribution in [0.4, 0.5) is 14.5 Å². The van der Waals surface area contributed by atoms with Gasteiger partial charge in [0, 0.05) is 0 Å². The first kappa shape index (κ1) is 13.1. The number of halogens is 2. The summed E-state index contributed by atoms with van der Waals surface area (Å²) in [5, 5.41) is 3.29. The van der Waals surface area contributed by atoms with Crippen LogP contribution in [0, 0.1) is 24.5 Å². The molecule has 0 heterocycles. The molecule has 3 rings (SSSR count). The van der Waals surface area contributed by atoms with Gasteiger partial charge < -0.3 is 5.32 Å². The smallest absolute Gasteiger partial charge is 0.146 e. The van der Waals surface area contributed by atoms with Crippen LogP contribution in [0.1, 0.15) is 30.0 Å². The third kappa shape index (κ3) is 2.82. The van der Waals surface area contributed by atoms with Gasteiger partial charge in [-0.15, -0.1) is 0 Å². The lowest BCUT2D eigenvalue weighted by Gasteiger charge is -2.21. The summed E-state index contributed by atoms with van der Waals surface area (Å²) in [7, 11) is 0. The predicted molar refractivity (Wildman–Crippen MR) is 76.6 cm³/mol. The molecule has 20 heavy (non-hydrogen) atoms. The van der Waals surface area contributed by atoms with Crippen molar-refractivity contribution >= 4 is 5.69 Å². The molecule has 1 aliphatic carbocycles. The van der Waals surface area contributed by atoms with Gasteiger partial charge in [0.25, 0.3) is 0 Å². The van der Waals surface area contributed by atoms with Gasteiger partial charge in [-0.05, 0) is 61.1 Å². The topological polar surface area (TPSA) is 12.0 Å². The van der Waals surface area contributed by atoms with E-state index in [0.29, 0.717) is 11.6 Å². The molecule has 0 spiro atoms. The summed E-state index contributed by atoms with van der Waals surface area (Å²) in [6, 6.07) is 11.6. The number of anilines is 1. The fourth-order valence-corrected chi connectivity index (χ4v) is 2.49. The summed E-state index contributed by atoms with van der Waals surface area (Å²) >= 11 is 0. The Bertz CT molecular complexity index is 603. The molecule has 0 saturated heterocycles. The second-order valence-electron chi connectivity index (χ2n) is 5.49. The third-order valence-corrected chi connectivity index (χ3v) is 3.76. The van der Waals surface area contributed by atoms with Crippen LogP contribution in [0.25, 0.3) is 0 Å². The van der Waals surface area contributed by atoms with Crippen molar-refractivity contribution in [1.82, 2.24) is 0 Å². The highest BCUT2D eigenvalue weighted by Gasteiger charge is 2.32. The Morgan fingerprint density at radius 1 is 1.05 bits per heavy atom. The Morgan fingerprint density at radius 3 is 2.40 bits per heavy atom. The van der Waals surface area contributed by atoms with E-state index in [2.05, 4.69) is 5.32 Å². The number of hydrogen-bond acceptors (Lipinski definition) is 1. The summed E-state index contributed by atoms with van der Waals surface area (Å²) < 4.78 is 26.9. The first-order valence-electron chi connectivity index (χ1n) is 6.91. The van der Waals surface area contributed by atoms with Gasteiger partial charge in [-0.25, -0.2) is 8.78 Å². The molecule has 1 aliphatic rings. The van der Waals surface area contributed by atoms with Gasteiger partial charge >= 0.3 is 0 Å². The summed E-state index contributed by atoms with van der Waals surface area (Å²) in [5.41, 5.74) is 2.54. The van der Waals surface area contributed by atoms with Gasteiger partial charge in [-0.3, -0.25) is 0 Å². The lowest BCUT2D eigenvalue weighted by Crippen LogP contribution is -2.14. The zero-order chi connectivity index (χ0) is 14.1. The normalized spacial score (nSPS) is 15.9. The first-order valence-corrected chi connectivity index (χ1v) is 6.91. The quantitative estimate of drug-likeness (QED) is 0.840. The SMILES string of the molecule is Cc1ccc(F)c(NC(c2ccc(F)cc2)C2CC2)c1. The average molecular weight is 273 g/mol. The number of hydrogen-bond donors (Lipinski definition) is 1. The minimum Gasteiger partial charge on any atom is -0.376 e. The molecule has 0 aromatic heterocycles. The van der Waals surface area contributed by atoms with Gasteiger partial charge in [0.15, 0.2) is 0 Å². The van der Waals surface area contributed by atoms with Crippen LogP contribution in [0.2, 0.25) is 0 Å². The number of aryl methyl sites for hydroxylation is 1. The van der Waals surface area contributed by atoms with Gasteiger partial charge in [-0.1, -0.05) is 18.2 Å². The Kier molecular flexibility index (Phi) is 3.43. The van der Waals surface area contributed by atoms with Crippen molar-refractivity contribution in [2.45, 2.75) is 25.8 Å². The zero-order valence-corrected chi connectivity index (χ0v) is 11.4. The van der Waals surface area contributed by atoms with E-state index in [9.17, 15) is 8.78 Å². The molecular formula is C17H17F2N. The predicted octanol–water partition coefficient (Wildman–Crippen LogP) is 4.84. The Hall–Kier alpha value is -1.90. The molecule has 2 aromatic rings. The number of nitrogens with one attached hydrogen (secondary N) is 1. The average Bonchev–Trinajstić information content (AvgIpc) is 3.25. The Balaban J connectivity index is 1.88. The summed E-state index contributed by atoms with van der Waals surface area (Å²) in [4.78, 5) is 0. The molecule has 2 aromatic carbocycles. The van der Waals surface area contributed by atoms with Crippen molar-refractivity contribution < 1.29 is 8.78 Å². The molecule has 0 aliphatic heterocycles. The molecule has 104 valence electrons. The Labute approximate surface area is 117 Å². The molecule has 1 fully saturated rings. The third-order valence-electron chi connectivity index (χ3n) is 3.76. The second kappa shape index (κ2) is 5.23. The van der Waals surface area contributed by atoms with E-state index < -0.39 is 0 Å². The van der Waals surface area contributed by atoms with E-state index in [1.807, 2.05) is 13.0 Å². The van der Waals surface area contributed by atoms with E-state index in [1.165, 1.54) is 18.2 Å². The fraction of sp³-hybridized carbons (Fsp3) is 0.294. The van der Waals surface area contributed by atoms with Crippen molar-refractivity contribution in [2.24, 2.45) is 5.92 Å². The molecule has 0 amide bonds. The lowest BCUT2D eigenvalue weighted by molar-refractivity contribution is 0.611. The Morgan fingerprint density at radius 2 is 1.75 bits per heavy atom. The monoisotopic (exact) mass is 273 g/mol. The first-order chi connectivity index (χ1) is 9.63. The van der Waals surface area contributed by atoms with Crippen molar-refractivity contribution in [2.75, 3.05) is 5.32 Å². The standard InChI is InChI=1S/C17H17F2N/c1-11-2-9-15(19)16(10-11)20-17(12-3-4-12)13-5-7-14(18)8-6-13/h2,5-10,12,17,20H,3-4H2,1H3. The summed E-state index contributed by atoms with van der Waals surface area (Å²) in [6.45, 7) is 1.94. The van der Waals surface area contributed by atoms with E-state index in [1.54, 1.807) is 18.2 Å². The van der Waals surface area contributed by atoms with Crippen molar-refractivity contribution in [3.63, 3.8) is 0 Å². The van der Waals surface area contributed by atoms with Crippen LogP contribution in [-0.4, -0.2) is 0 Å². The van der Waals surface area contributed by atoms with E-state index in [-0.39, 0.29) is 17.7 Å². The fourth-order valence-electron chi connectivity index (χ4n) is 2.49. The molecule has 1 saturated carbocycles. The molecule has 3 heteroatoms. The molecular weight excluding hydrogens is 256 g/mol. The maximum Gasteiger partial charge on any atom is 0.146 e. The molecule has 1 N–H and O–H groups in total. The maximum absolute atomic E-state index is 13.9. The van der Waals surface area contributed by atoms with Crippen LogP contribution >= 0.6 is 0 Å². The van der Waals surface area contributed by atoms with E-state index in [0.717, 1.165) is 24.0 Å². The highest BCUT2D eigenvalue weighted by molar-refractivity contribution is 5.49. The summed E-state index contributed by atoms with van der Waals surface area (Å²) in [6.07, 6.45) is 2.25. The summed E-state index contributed by atoms with van der Waals surface area (Å²) in [5.74, 6) is 0.00812. The van der Waals surface area contributed by atoms with Gasteiger partial charge in [0.05, 0.1) is 11.7 Å². The van der Waals surface area contributed by atoms with Gasteiger partial charge in [0.1, 0.15) is 11.6 Å². The molecule has 1 unspecified atom stereocenters. The lowest BCUT2D eigenvalue weighted by atomic mass is 10.0. The highest BCUT2D eigenvalue weighted by atomic mass is 19.1. The van der Waals surface area contributed by atoms with Crippen molar-refractivity contribution in [1.29, 1.82) is 0 Å². The second-order valence-corrected chi connectivity index (χ2v) is 5.49. The minimum atomic E-state index is -0.247. The van der Waals surface area contributed by atoms with Crippen LogP contribution in [-0.2, 0) is 0 Å². The van der Waals surface area contributed by atoms with Crippen molar-refractivity contribution in [3.8, 4) is 0 Å². The van der Waals surface area contributed by atoms with Crippen molar-refractivity contribution in [3.05, 3.63) is 65.2 Å². The van der Waals surface area contributed by atoms with Crippen LogP contribution in [0.3, 0.4) is 0 Å². The molecule has 1 atom stereocenters. The maximum atomic E-state index is 13.9. The van der Waals surface area contributed by atoms with Crippen LogP contribution < -0.4 is 5.32 Å². The zero-order valence-electron chi connectivity index (χ0n) is 11.4. The van der Waals surface area contributed by atoms with E-state index in [4.69, 9.17) is 0 Å².